The van der Waals surface area contributed by atoms with E-state index in [-0.39, 0.29) is 30.0 Å². The Hall–Kier alpha value is -3.56. The fourth-order valence-corrected chi connectivity index (χ4v) is 3.74. The molecule has 2 heterocycles. The largest absolute Gasteiger partial charge is 0.497 e. The number of hydrogen-bond acceptors (Lipinski definition) is 8. The number of likely N-dealkylation sites (N-methyl/N-ethyl adjacent to an activating group) is 1. The number of aromatic nitrogens is 1. The Labute approximate surface area is 192 Å². The summed E-state index contributed by atoms with van der Waals surface area (Å²) >= 11 is 0. The van der Waals surface area contributed by atoms with Crippen molar-refractivity contribution < 1.29 is 33.1 Å². The van der Waals surface area contributed by atoms with Crippen molar-refractivity contribution in [3.63, 3.8) is 0 Å². The maximum Gasteiger partial charge on any atom is 0.310 e. The van der Waals surface area contributed by atoms with Crippen molar-refractivity contribution in [2.24, 2.45) is 5.92 Å². The molecule has 1 aliphatic heterocycles. The number of amides is 2. The van der Waals surface area contributed by atoms with Crippen LogP contribution in [-0.2, 0) is 14.3 Å². The maximum atomic E-state index is 12.8. The first-order valence-corrected chi connectivity index (χ1v) is 10.8. The summed E-state index contributed by atoms with van der Waals surface area (Å²) in [6.45, 7) is 2.76. The molecule has 0 spiro atoms. The van der Waals surface area contributed by atoms with Crippen molar-refractivity contribution >= 4 is 17.8 Å². The van der Waals surface area contributed by atoms with E-state index in [0.717, 1.165) is 0 Å². The molecule has 0 aliphatic carbocycles. The number of benzene rings is 1. The molecule has 10 nitrogen and oxygen atoms in total. The highest BCUT2D eigenvalue weighted by Crippen LogP contribution is 2.33. The molecule has 0 saturated carbocycles. The Kier molecular flexibility index (Phi) is 7.92. The Bertz CT molecular complexity index is 1000. The molecule has 0 radical (unpaired) electrons. The molecule has 1 aromatic carbocycles. The van der Waals surface area contributed by atoms with Gasteiger partial charge in [0.2, 0.25) is 5.91 Å². The number of hydrogen-bond donors (Lipinski definition) is 0. The van der Waals surface area contributed by atoms with Crippen molar-refractivity contribution in [3.05, 3.63) is 30.0 Å². The zero-order valence-corrected chi connectivity index (χ0v) is 19.3. The quantitative estimate of drug-likeness (QED) is 0.553. The lowest BCUT2D eigenvalue weighted by Crippen LogP contribution is -2.47. The van der Waals surface area contributed by atoms with Gasteiger partial charge >= 0.3 is 5.97 Å². The first-order valence-electron chi connectivity index (χ1n) is 10.8. The third-order valence-corrected chi connectivity index (χ3v) is 5.51. The van der Waals surface area contributed by atoms with Crippen molar-refractivity contribution in [3.8, 4) is 22.8 Å². The monoisotopic (exact) mass is 459 g/mol. The van der Waals surface area contributed by atoms with Crippen LogP contribution in [0.1, 0.15) is 30.3 Å². The third-order valence-electron chi connectivity index (χ3n) is 5.51. The molecule has 33 heavy (non-hydrogen) atoms. The Morgan fingerprint density at radius 2 is 2.00 bits per heavy atom. The zero-order chi connectivity index (χ0) is 24.0. The smallest absolute Gasteiger partial charge is 0.310 e. The van der Waals surface area contributed by atoms with Gasteiger partial charge in [-0.2, -0.15) is 0 Å². The lowest BCUT2D eigenvalue weighted by molar-refractivity contribution is -0.151. The average molecular weight is 459 g/mol. The van der Waals surface area contributed by atoms with Gasteiger partial charge in [0.05, 0.1) is 38.9 Å². The van der Waals surface area contributed by atoms with Gasteiger partial charge in [-0.25, -0.2) is 0 Å². The molecule has 1 aliphatic rings. The fraction of sp³-hybridized carbons (Fsp3) is 0.478. The topological polar surface area (TPSA) is 111 Å². The highest BCUT2D eigenvalue weighted by molar-refractivity contribution is 5.95. The van der Waals surface area contributed by atoms with Gasteiger partial charge in [0.15, 0.2) is 11.5 Å². The molecule has 2 aromatic rings. The van der Waals surface area contributed by atoms with E-state index in [1.54, 1.807) is 37.1 Å². The van der Waals surface area contributed by atoms with Gasteiger partial charge in [-0.05, 0) is 38.0 Å². The minimum absolute atomic E-state index is 0.0632. The first kappa shape index (κ1) is 24.1. The molecular weight excluding hydrogens is 430 g/mol. The molecule has 10 heteroatoms. The van der Waals surface area contributed by atoms with Gasteiger partial charge in [-0.3, -0.25) is 14.4 Å². The maximum absolute atomic E-state index is 12.8. The Balaban J connectivity index is 1.66. The molecule has 1 aromatic heterocycles. The van der Waals surface area contributed by atoms with E-state index >= 15 is 0 Å². The van der Waals surface area contributed by atoms with Crippen LogP contribution < -0.4 is 9.47 Å². The number of rotatable bonds is 8. The van der Waals surface area contributed by atoms with Crippen LogP contribution in [-0.4, -0.2) is 80.2 Å². The summed E-state index contributed by atoms with van der Waals surface area (Å²) in [6.07, 6.45) is 1.40. The molecule has 0 bridgehead atoms. The summed E-state index contributed by atoms with van der Waals surface area (Å²) in [7, 11) is 4.60. The van der Waals surface area contributed by atoms with Crippen LogP contribution in [0.4, 0.5) is 0 Å². The van der Waals surface area contributed by atoms with E-state index in [1.807, 2.05) is 0 Å². The van der Waals surface area contributed by atoms with E-state index in [0.29, 0.717) is 55.4 Å². The molecule has 178 valence electrons. The van der Waals surface area contributed by atoms with Crippen LogP contribution in [0.25, 0.3) is 11.3 Å². The van der Waals surface area contributed by atoms with E-state index in [4.69, 9.17) is 18.7 Å². The number of likely N-dealkylation sites (tertiary alicyclic amines) is 1. The van der Waals surface area contributed by atoms with Crippen molar-refractivity contribution in [2.75, 3.05) is 47.5 Å². The summed E-state index contributed by atoms with van der Waals surface area (Å²) in [5.74, 6) is 0.151. The fourth-order valence-electron chi connectivity index (χ4n) is 3.74. The van der Waals surface area contributed by atoms with Crippen molar-refractivity contribution in [1.82, 2.24) is 15.0 Å². The molecule has 1 atom stereocenters. The number of carbonyl (C=O) groups excluding carboxylic acids is 3. The van der Waals surface area contributed by atoms with Crippen molar-refractivity contribution in [2.45, 2.75) is 19.8 Å². The van der Waals surface area contributed by atoms with Gasteiger partial charge in [0, 0.05) is 26.2 Å². The van der Waals surface area contributed by atoms with Gasteiger partial charge < -0.3 is 28.5 Å². The molecule has 1 saturated heterocycles. The lowest BCUT2D eigenvalue weighted by Gasteiger charge is -2.32. The van der Waals surface area contributed by atoms with Crippen LogP contribution in [0.15, 0.2) is 28.8 Å². The molecule has 1 fully saturated rings. The van der Waals surface area contributed by atoms with Crippen LogP contribution in [0.5, 0.6) is 11.5 Å². The minimum atomic E-state index is -0.459. The molecule has 2 amide bonds. The number of esters is 1. The summed E-state index contributed by atoms with van der Waals surface area (Å²) in [5.41, 5.74) is 0.647. The average Bonchev–Trinajstić information content (AvgIpc) is 3.33. The highest BCUT2D eigenvalue weighted by atomic mass is 16.5. The zero-order valence-electron chi connectivity index (χ0n) is 19.3. The number of ether oxygens (including phenoxy) is 3. The predicted molar refractivity (Wildman–Crippen MR) is 118 cm³/mol. The second-order valence-electron chi connectivity index (χ2n) is 7.73. The number of piperidine rings is 1. The second kappa shape index (κ2) is 10.8. The summed E-state index contributed by atoms with van der Waals surface area (Å²) < 4.78 is 21.0. The first-order chi connectivity index (χ1) is 15.9. The number of methoxy groups -OCH3 is 2. The van der Waals surface area contributed by atoms with E-state index in [2.05, 4.69) is 5.16 Å². The molecule has 1 unspecified atom stereocenters. The summed E-state index contributed by atoms with van der Waals surface area (Å²) in [4.78, 5) is 40.5. The van der Waals surface area contributed by atoms with Gasteiger partial charge in [0.25, 0.3) is 5.91 Å². The van der Waals surface area contributed by atoms with Crippen LogP contribution in [0, 0.1) is 5.92 Å². The molecule has 3 rings (SSSR count). The standard InChI is InChI=1S/C23H29N3O7/c1-5-32-23(29)15-7-6-10-26(13-15)21(27)14-25(2)22(28)18-12-20(33-24-18)17-11-16(30-3)8-9-19(17)31-4/h8-9,11-12,15H,5-7,10,13-14H2,1-4H3. The van der Waals surface area contributed by atoms with E-state index in [9.17, 15) is 14.4 Å². The SMILES string of the molecule is CCOC(=O)C1CCCN(C(=O)CN(C)C(=O)c2cc(-c3cc(OC)ccc3OC)on2)C1. The lowest BCUT2D eigenvalue weighted by atomic mass is 9.98. The van der Waals surface area contributed by atoms with Gasteiger partial charge in [0.1, 0.15) is 11.5 Å². The van der Waals surface area contributed by atoms with Gasteiger partial charge in [-0.1, -0.05) is 5.16 Å². The molecular formula is C23H29N3O7. The van der Waals surface area contributed by atoms with E-state index < -0.39 is 5.91 Å². The number of carbonyl (C=O) groups is 3. The Morgan fingerprint density at radius 3 is 2.70 bits per heavy atom. The van der Waals surface area contributed by atoms with Crippen LogP contribution >= 0.6 is 0 Å². The normalized spacial score (nSPS) is 15.6. The highest BCUT2D eigenvalue weighted by Gasteiger charge is 2.30. The van der Waals surface area contributed by atoms with Gasteiger partial charge in [-0.15, -0.1) is 0 Å². The number of nitrogens with zero attached hydrogens (tertiary/aromatic N) is 3. The van der Waals surface area contributed by atoms with E-state index in [1.165, 1.54) is 25.1 Å². The summed E-state index contributed by atoms with van der Waals surface area (Å²) in [6, 6.07) is 6.69. The Morgan fingerprint density at radius 1 is 1.21 bits per heavy atom. The predicted octanol–water partition coefficient (Wildman–Crippen LogP) is 2.23. The summed E-state index contributed by atoms with van der Waals surface area (Å²) in [5, 5.41) is 3.87. The second-order valence-corrected chi connectivity index (χ2v) is 7.73. The minimum Gasteiger partial charge on any atom is -0.497 e. The van der Waals surface area contributed by atoms with Crippen LogP contribution in [0.2, 0.25) is 0 Å². The third kappa shape index (κ3) is 5.63. The van der Waals surface area contributed by atoms with Crippen molar-refractivity contribution in [1.29, 1.82) is 0 Å². The molecule has 0 N–H and O–H groups in total. The van der Waals surface area contributed by atoms with Crippen LogP contribution in [0.3, 0.4) is 0 Å².